The summed E-state index contributed by atoms with van der Waals surface area (Å²) in [7, 11) is 4.79. The van der Waals surface area contributed by atoms with Gasteiger partial charge in [0.05, 0.1) is 37.9 Å². The molecule has 0 atom stereocenters. The van der Waals surface area contributed by atoms with Crippen LogP contribution in [0, 0.1) is 6.92 Å². The van der Waals surface area contributed by atoms with Gasteiger partial charge in [-0.2, -0.15) is 0 Å². The number of hydrogen-bond acceptors (Lipinski definition) is 5. The number of methoxy groups -OCH3 is 3. The third-order valence-electron chi connectivity index (χ3n) is 5.11. The van der Waals surface area contributed by atoms with E-state index in [1.807, 2.05) is 37.3 Å². The predicted molar refractivity (Wildman–Crippen MR) is 117 cm³/mol. The van der Waals surface area contributed by atoms with Gasteiger partial charge < -0.3 is 23.9 Å². The topological polar surface area (TPSA) is 65.7 Å². The molecule has 154 valence electrons. The van der Waals surface area contributed by atoms with Gasteiger partial charge in [0.1, 0.15) is 11.6 Å². The molecule has 0 aliphatic heterocycles. The largest absolute Gasteiger partial charge is 0.507 e. The van der Waals surface area contributed by atoms with Crippen molar-refractivity contribution in [1.82, 2.24) is 9.55 Å². The first-order valence-corrected chi connectivity index (χ1v) is 9.60. The molecular formula is C24H24N2O4. The molecule has 1 heterocycles. The number of benzene rings is 3. The molecule has 0 aliphatic rings. The number of nitrogens with zero attached hydrogens (tertiary/aromatic N) is 2. The lowest BCUT2D eigenvalue weighted by molar-refractivity contribution is 0.323. The van der Waals surface area contributed by atoms with E-state index in [1.165, 1.54) is 0 Å². The van der Waals surface area contributed by atoms with Crippen LogP contribution in [-0.2, 0) is 6.54 Å². The van der Waals surface area contributed by atoms with Crippen LogP contribution in [-0.4, -0.2) is 36.0 Å². The number of imidazole rings is 1. The van der Waals surface area contributed by atoms with E-state index in [2.05, 4.69) is 16.7 Å². The molecule has 0 aliphatic carbocycles. The maximum absolute atomic E-state index is 10.5. The Morgan fingerprint density at radius 2 is 1.60 bits per heavy atom. The summed E-state index contributed by atoms with van der Waals surface area (Å²) in [5.41, 5.74) is 4.62. The van der Waals surface area contributed by atoms with Gasteiger partial charge in [0.15, 0.2) is 11.5 Å². The molecule has 3 aromatic carbocycles. The van der Waals surface area contributed by atoms with Gasteiger partial charge in [-0.3, -0.25) is 0 Å². The van der Waals surface area contributed by atoms with Crippen molar-refractivity contribution >= 4 is 11.0 Å². The van der Waals surface area contributed by atoms with Crippen LogP contribution in [0.4, 0.5) is 0 Å². The van der Waals surface area contributed by atoms with Crippen LogP contribution in [0.5, 0.6) is 23.0 Å². The average molecular weight is 404 g/mol. The maximum atomic E-state index is 10.5. The molecule has 0 radical (unpaired) electrons. The van der Waals surface area contributed by atoms with Crippen molar-refractivity contribution in [2.24, 2.45) is 0 Å². The van der Waals surface area contributed by atoms with Crippen LogP contribution < -0.4 is 14.2 Å². The van der Waals surface area contributed by atoms with Gasteiger partial charge in [0.25, 0.3) is 0 Å². The van der Waals surface area contributed by atoms with Gasteiger partial charge >= 0.3 is 0 Å². The van der Waals surface area contributed by atoms with E-state index in [9.17, 15) is 5.11 Å². The molecule has 0 unspecified atom stereocenters. The summed E-state index contributed by atoms with van der Waals surface area (Å²) < 4.78 is 18.5. The molecular weight excluding hydrogens is 380 g/mol. The minimum Gasteiger partial charge on any atom is -0.507 e. The molecule has 0 saturated carbocycles. The Hall–Kier alpha value is -3.67. The van der Waals surface area contributed by atoms with Crippen LogP contribution in [0.25, 0.3) is 22.4 Å². The highest BCUT2D eigenvalue weighted by Gasteiger charge is 2.18. The summed E-state index contributed by atoms with van der Waals surface area (Å²) >= 11 is 0. The third kappa shape index (κ3) is 3.41. The Kier molecular flexibility index (Phi) is 5.23. The van der Waals surface area contributed by atoms with Crippen molar-refractivity contribution in [3.63, 3.8) is 0 Å². The van der Waals surface area contributed by atoms with Crippen LogP contribution in [0.2, 0.25) is 0 Å². The second-order valence-electron chi connectivity index (χ2n) is 7.06. The fourth-order valence-corrected chi connectivity index (χ4v) is 3.68. The van der Waals surface area contributed by atoms with Crippen LogP contribution in [0.1, 0.15) is 11.1 Å². The first-order chi connectivity index (χ1) is 14.5. The number of rotatable bonds is 6. The van der Waals surface area contributed by atoms with Crippen LogP contribution in [0.15, 0.2) is 54.6 Å². The standard InChI is InChI=1S/C24H24N2O4/c1-15-9-10-19-18(11-15)25-24(17-7-5-6-8-20(17)27)26(19)14-16-12-21(28-2)23(30-4)22(13-16)29-3/h5-13,27H,14H2,1-4H3. The fraction of sp³-hybridized carbons (Fsp3) is 0.208. The zero-order chi connectivity index (χ0) is 21.3. The number of phenolic OH excluding ortho intramolecular Hbond substituents is 1. The minimum atomic E-state index is 0.190. The van der Waals surface area contributed by atoms with Gasteiger partial charge in [0, 0.05) is 6.54 Å². The van der Waals surface area contributed by atoms with E-state index >= 15 is 0 Å². The highest BCUT2D eigenvalue weighted by atomic mass is 16.5. The fourth-order valence-electron chi connectivity index (χ4n) is 3.68. The highest BCUT2D eigenvalue weighted by Crippen LogP contribution is 2.39. The number of aromatic hydroxyl groups is 1. The number of aryl methyl sites for hydroxylation is 1. The summed E-state index contributed by atoms with van der Waals surface area (Å²) in [6.07, 6.45) is 0. The normalized spacial score (nSPS) is 10.9. The van der Waals surface area contributed by atoms with E-state index < -0.39 is 0 Å². The van der Waals surface area contributed by atoms with E-state index in [0.29, 0.717) is 35.2 Å². The summed E-state index contributed by atoms with van der Waals surface area (Å²) in [6, 6.07) is 17.2. The Bertz CT molecular complexity index is 1190. The minimum absolute atomic E-state index is 0.190. The first-order valence-electron chi connectivity index (χ1n) is 9.60. The Labute approximate surface area is 175 Å². The number of ether oxygens (including phenoxy) is 3. The molecule has 4 aromatic rings. The molecule has 0 spiro atoms. The Morgan fingerprint density at radius 3 is 2.23 bits per heavy atom. The van der Waals surface area contributed by atoms with Gasteiger partial charge in [-0.1, -0.05) is 18.2 Å². The molecule has 0 amide bonds. The van der Waals surface area contributed by atoms with Crippen molar-refractivity contribution in [2.75, 3.05) is 21.3 Å². The second-order valence-corrected chi connectivity index (χ2v) is 7.06. The zero-order valence-electron chi connectivity index (χ0n) is 17.5. The number of aromatic nitrogens is 2. The van der Waals surface area contributed by atoms with Crippen molar-refractivity contribution in [3.05, 3.63) is 65.7 Å². The number of hydrogen-bond donors (Lipinski definition) is 1. The lowest BCUT2D eigenvalue weighted by Crippen LogP contribution is -2.04. The molecule has 6 heteroatoms. The lowest BCUT2D eigenvalue weighted by Gasteiger charge is -2.16. The quantitative estimate of drug-likeness (QED) is 0.500. The third-order valence-corrected chi connectivity index (χ3v) is 5.11. The lowest BCUT2D eigenvalue weighted by atomic mass is 10.1. The number of phenols is 1. The highest BCUT2D eigenvalue weighted by molar-refractivity contribution is 5.82. The Morgan fingerprint density at radius 1 is 0.900 bits per heavy atom. The van der Waals surface area contributed by atoms with E-state index in [4.69, 9.17) is 19.2 Å². The number of para-hydroxylation sites is 1. The molecule has 0 bridgehead atoms. The second kappa shape index (κ2) is 7.99. The van der Waals surface area contributed by atoms with Gasteiger partial charge in [-0.15, -0.1) is 0 Å². The molecule has 0 fully saturated rings. The molecule has 1 N–H and O–H groups in total. The molecule has 1 aromatic heterocycles. The van der Waals surface area contributed by atoms with Gasteiger partial charge in [-0.05, 0) is 54.4 Å². The Balaban J connectivity index is 1.91. The van der Waals surface area contributed by atoms with Crippen LogP contribution in [0.3, 0.4) is 0 Å². The van der Waals surface area contributed by atoms with Crippen molar-refractivity contribution in [2.45, 2.75) is 13.5 Å². The molecule has 6 nitrogen and oxygen atoms in total. The van der Waals surface area contributed by atoms with E-state index in [-0.39, 0.29) is 5.75 Å². The van der Waals surface area contributed by atoms with Crippen molar-refractivity contribution in [1.29, 1.82) is 0 Å². The summed E-state index contributed by atoms with van der Waals surface area (Å²) in [5, 5.41) is 10.5. The average Bonchev–Trinajstić information content (AvgIpc) is 3.10. The number of fused-ring (bicyclic) bond motifs is 1. The van der Waals surface area contributed by atoms with Crippen LogP contribution >= 0.6 is 0 Å². The van der Waals surface area contributed by atoms with Crippen molar-refractivity contribution < 1.29 is 19.3 Å². The maximum Gasteiger partial charge on any atom is 0.203 e. The first kappa shape index (κ1) is 19.6. The zero-order valence-corrected chi connectivity index (χ0v) is 17.5. The SMILES string of the molecule is COc1cc(Cn2c(-c3ccccc3O)nc3cc(C)ccc32)cc(OC)c1OC. The predicted octanol–water partition coefficient (Wildman–Crippen LogP) is 4.79. The van der Waals surface area contributed by atoms with Gasteiger partial charge in [0.2, 0.25) is 5.75 Å². The summed E-state index contributed by atoms with van der Waals surface area (Å²) in [5.74, 6) is 2.63. The molecule has 30 heavy (non-hydrogen) atoms. The van der Waals surface area contributed by atoms with E-state index in [0.717, 1.165) is 22.2 Å². The monoisotopic (exact) mass is 404 g/mol. The smallest absolute Gasteiger partial charge is 0.203 e. The molecule has 0 saturated heterocycles. The molecule has 4 rings (SSSR count). The van der Waals surface area contributed by atoms with Gasteiger partial charge in [-0.25, -0.2) is 4.98 Å². The summed E-state index contributed by atoms with van der Waals surface area (Å²) in [6.45, 7) is 2.55. The van der Waals surface area contributed by atoms with E-state index in [1.54, 1.807) is 33.5 Å². The summed E-state index contributed by atoms with van der Waals surface area (Å²) in [4.78, 5) is 4.84. The van der Waals surface area contributed by atoms with Crippen molar-refractivity contribution in [3.8, 4) is 34.4 Å².